The van der Waals surface area contributed by atoms with Gasteiger partial charge in [-0.15, -0.1) is 11.3 Å². The largest absolute Gasteiger partial charge is 0.339 e. The average Bonchev–Trinajstić information content (AvgIpc) is 3.68. The van der Waals surface area contributed by atoms with Crippen LogP contribution in [0.1, 0.15) is 59.8 Å². The Morgan fingerprint density at radius 2 is 1.85 bits per heavy atom. The molecule has 5 aromatic rings. The van der Waals surface area contributed by atoms with E-state index in [1.165, 1.54) is 42.8 Å². The van der Waals surface area contributed by atoms with E-state index < -0.39 is 0 Å². The molecule has 39 heavy (non-hydrogen) atoms. The first-order valence-electron chi connectivity index (χ1n) is 13.8. The van der Waals surface area contributed by atoms with Gasteiger partial charge < -0.3 is 4.98 Å². The van der Waals surface area contributed by atoms with E-state index in [0.29, 0.717) is 0 Å². The standard InChI is InChI=1S/C31H33N7S/c1-19-7-10-25(39-19)27-28-29(31(2,3)18-33-27)35-30(34-28)26-23-14-21(8-9-24(23)36-37-26)22-13-20(15-32-16-22)17-38-11-5-4-6-12-38/h7-10,13-16H,4-6,11-12,17-18H2,1-3H3,(H,34,35)(H,36,37). The maximum Gasteiger partial charge on any atom is 0.159 e. The van der Waals surface area contributed by atoms with Crippen molar-refractivity contribution in [2.75, 3.05) is 19.6 Å². The number of aromatic nitrogens is 5. The van der Waals surface area contributed by atoms with Crippen molar-refractivity contribution >= 4 is 28.0 Å². The van der Waals surface area contributed by atoms with Gasteiger partial charge in [-0.3, -0.25) is 20.0 Å². The van der Waals surface area contributed by atoms with Crippen LogP contribution in [0.15, 0.2) is 53.8 Å². The SMILES string of the molecule is Cc1ccc(C2=NCC(C)(C)c3[nH]c(-c4n[nH]c5ccc(-c6cncc(CN7CCCCC7)c6)cc45)nc32)s1. The lowest BCUT2D eigenvalue weighted by Gasteiger charge is -2.26. The summed E-state index contributed by atoms with van der Waals surface area (Å²) < 4.78 is 0. The highest BCUT2D eigenvalue weighted by atomic mass is 32.1. The number of hydrogen-bond acceptors (Lipinski definition) is 6. The number of pyridine rings is 1. The molecule has 2 aliphatic rings. The molecule has 0 amide bonds. The van der Waals surface area contributed by atoms with Gasteiger partial charge in [-0.25, -0.2) is 4.98 Å². The average molecular weight is 536 g/mol. The second-order valence-electron chi connectivity index (χ2n) is 11.5. The number of thiophene rings is 1. The minimum absolute atomic E-state index is 0.131. The molecule has 2 aliphatic heterocycles. The fraction of sp³-hybridized carbons (Fsp3) is 0.355. The monoisotopic (exact) mass is 535 g/mol. The number of H-pyrrole nitrogens is 2. The molecule has 6 heterocycles. The van der Waals surface area contributed by atoms with Crippen molar-refractivity contribution < 1.29 is 0 Å². The number of benzene rings is 1. The fourth-order valence-electron chi connectivity index (χ4n) is 5.82. The quantitative estimate of drug-likeness (QED) is 0.269. The minimum Gasteiger partial charge on any atom is -0.339 e. The maximum absolute atomic E-state index is 5.11. The smallest absolute Gasteiger partial charge is 0.159 e. The molecule has 0 saturated carbocycles. The molecule has 7 nitrogen and oxygen atoms in total. The van der Waals surface area contributed by atoms with Crippen molar-refractivity contribution in [3.63, 3.8) is 0 Å². The summed E-state index contributed by atoms with van der Waals surface area (Å²) in [6.45, 7) is 10.6. The van der Waals surface area contributed by atoms with Crippen LogP contribution in [0.3, 0.4) is 0 Å². The normalized spacial score (nSPS) is 17.4. The molecule has 0 unspecified atom stereocenters. The van der Waals surface area contributed by atoms with Crippen LogP contribution in [-0.2, 0) is 12.0 Å². The first kappa shape index (κ1) is 24.4. The molecule has 1 fully saturated rings. The molecule has 8 heteroatoms. The van der Waals surface area contributed by atoms with Gasteiger partial charge in [-0.05, 0) is 74.3 Å². The molecule has 1 saturated heterocycles. The highest BCUT2D eigenvalue weighted by Crippen LogP contribution is 2.36. The number of hydrogen-bond donors (Lipinski definition) is 2. The Balaban J connectivity index is 1.26. The van der Waals surface area contributed by atoms with Gasteiger partial charge in [0.1, 0.15) is 17.1 Å². The molecule has 2 N–H and O–H groups in total. The first-order chi connectivity index (χ1) is 18.9. The van der Waals surface area contributed by atoms with Gasteiger partial charge in [0.2, 0.25) is 0 Å². The Morgan fingerprint density at radius 1 is 0.974 bits per heavy atom. The number of aryl methyl sites for hydroxylation is 1. The van der Waals surface area contributed by atoms with E-state index in [2.05, 4.69) is 77.1 Å². The molecule has 198 valence electrons. The van der Waals surface area contributed by atoms with Crippen LogP contribution in [0.25, 0.3) is 33.5 Å². The molecule has 7 rings (SSSR count). The number of imidazole rings is 1. The molecule has 4 aromatic heterocycles. The van der Waals surface area contributed by atoms with E-state index in [-0.39, 0.29) is 5.41 Å². The van der Waals surface area contributed by atoms with Crippen LogP contribution in [0.5, 0.6) is 0 Å². The van der Waals surface area contributed by atoms with Gasteiger partial charge in [-0.2, -0.15) is 5.10 Å². The fourth-order valence-corrected chi connectivity index (χ4v) is 6.69. The van der Waals surface area contributed by atoms with Crippen molar-refractivity contribution in [2.45, 2.75) is 52.0 Å². The molecule has 0 aliphatic carbocycles. The Hall–Kier alpha value is -3.62. The number of nitrogens with one attached hydrogen (secondary N) is 2. The number of rotatable bonds is 5. The lowest BCUT2D eigenvalue weighted by Crippen LogP contribution is -2.29. The van der Waals surface area contributed by atoms with Crippen molar-refractivity contribution in [1.82, 2.24) is 30.0 Å². The summed E-state index contributed by atoms with van der Waals surface area (Å²) >= 11 is 1.76. The third-order valence-electron chi connectivity index (χ3n) is 7.98. The van der Waals surface area contributed by atoms with Gasteiger partial charge in [-0.1, -0.05) is 26.3 Å². The van der Waals surface area contributed by atoms with Gasteiger partial charge in [0.25, 0.3) is 0 Å². The van der Waals surface area contributed by atoms with Crippen LogP contribution >= 0.6 is 11.3 Å². The summed E-state index contributed by atoms with van der Waals surface area (Å²) in [5.41, 5.74) is 8.24. The van der Waals surface area contributed by atoms with Crippen LogP contribution in [0, 0.1) is 6.92 Å². The Labute approximate surface area is 232 Å². The van der Waals surface area contributed by atoms with E-state index in [1.807, 2.05) is 12.4 Å². The van der Waals surface area contributed by atoms with Crippen molar-refractivity contribution in [3.8, 4) is 22.6 Å². The van der Waals surface area contributed by atoms with Crippen molar-refractivity contribution in [1.29, 1.82) is 0 Å². The van der Waals surface area contributed by atoms with Gasteiger partial charge in [0, 0.05) is 40.2 Å². The molecular formula is C31H33N7S. The number of aliphatic imine (C=N–C) groups is 1. The summed E-state index contributed by atoms with van der Waals surface area (Å²) in [4.78, 5) is 23.3. The summed E-state index contributed by atoms with van der Waals surface area (Å²) in [5, 5.41) is 8.97. The topological polar surface area (TPSA) is 85.8 Å². The highest BCUT2D eigenvalue weighted by molar-refractivity contribution is 7.14. The molecule has 0 bridgehead atoms. The molecule has 1 aromatic carbocycles. The lowest BCUT2D eigenvalue weighted by molar-refractivity contribution is 0.220. The predicted molar refractivity (Wildman–Crippen MR) is 159 cm³/mol. The number of piperidine rings is 1. The predicted octanol–water partition coefficient (Wildman–Crippen LogP) is 6.50. The molecule has 0 radical (unpaired) electrons. The number of fused-ring (bicyclic) bond motifs is 2. The Bertz CT molecular complexity index is 1700. The van der Waals surface area contributed by atoms with Gasteiger partial charge >= 0.3 is 0 Å². The highest BCUT2D eigenvalue weighted by Gasteiger charge is 2.34. The van der Waals surface area contributed by atoms with E-state index in [0.717, 1.165) is 68.6 Å². The second kappa shape index (κ2) is 9.54. The van der Waals surface area contributed by atoms with Crippen molar-refractivity contribution in [2.24, 2.45) is 4.99 Å². The third-order valence-corrected chi connectivity index (χ3v) is 8.99. The van der Waals surface area contributed by atoms with Gasteiger partial charge in [0.05, 0.1) is 22.6 Å². The van der Waals surface area contributed by atoms with Crippen LogP contribution in [-0.4, -0.2) is 55.4 Å². The second-order valence-corrected chi connectivity index (χ2v) is 12.8. The number of nitrogens with zero attached hydrogens (tertiary/aromatic N) is 5. The molecule has 0 spiro atoms. The Kier molecular flexibility index (Phi) is 5.97. The van der Waals surface area contributed by atoms with Crippen LogP contribution < -0.4 is 0 Å². The van der Waals surface area contributed by atoms with E-state index in [9.17, 15) is 0 Å². The zero-order valence-corrected chi connectivity index (χ0v) is 23.5. The summed E-state index contributed by atoms with van der Waals surface area (Å²) in [6, 6.07) is 13.0. The summed E-state index contributed by atoms with van der Waals surface area (Å²) in [7, 11) is 0. The zero-order chi connectivity index (χ0) is 26.6. The summed E-state index contributed by atoms with van der Waals surface area (Å²) in [5.74, 6) is 0.774. The van der Waals surface area contributed by atoms with Crippen LogP contribution in [0.2, 0.25) is 0 Å². The molecule has 0 atom stereocenters. The van der Waals surface area contributed by atoms with Gasteiger partial charge in [0.15, 0.2) is 5.82 Å². The van der Waals surface area contributed by atoms with Crippen LogP contribution in [0.4, 0.5) is 0 Å². The zero-order valence-electron chi connectivity index (χ0n) is 22.7. The molecular weight excluding hydrogens is 502 g/mol. The maximum atomic E-state index is 5.11. The third kappa shape index (κ3) is 4.51. The van der Waals surface area contributed by atoms with E-state index in [4.69, 9.17) is 15.1 Å². The minimum atomic E-state index is -0.131. The van der Waals surface area contributed by atoms with E-state index in [1.54, 1.807) is 11.3 Å². The van der Waals surface area contributed by atoms with Crippen molar-refractivity contribution in [3.05, 3.63) is 75.5 Å². The number of likely N-dealkylation sites (tertiary alicyclic amines) is 1. The van der Waals surface area contributed by atoms with E-state index >= 15 is 0 Å². The lowest BCUT2D eigenvalue weighted by atomic mass is 9.85. The Morgan fingerprint density at radius 3 is 2.67 bits per heavy atom. The number of aromatic amines is 2. The summed E-state index contributed by atoms with van der Waals surface area (Å²) in [6.07, 6.45) is 7.89. The first-order valence-corrected chi connectivity index (χ1v) is 14.6.